The summed E-state index contributed by atoms with van der Waals surface area (Å²) in [5.41, 5.74) is 16.9. The average Bonchev–Trinajstić information content (AvgIpc) is 2.67. The standard InChI is InChI=1S/C23H31FN4/c1-17-8-10-19(11-9-17)22(26)16-27-14-6-4-3-5-7-18(2)28-23-15-20(24)12-13-21(23)25/h8-13,15-16,27-28H,2-7,14,25-26H2,1H3/b22-16-. The summed E-state index contributed by atoms with van der Waals surface area (Å²) in [7, 11) is 0. The van der Waals surface area contributed by atoms with Crippen LogP contribution in [0.4, 0.5) is 15.8 Å². The Kier molecular flexibility index (Phi) is 8.40. The van der Waals surface area contributed by atoms with Crippen molar-refractivity contribution in [3.05, 3.63) is 77.9 Å². The molecule has 0 aliphatic carbocycles. The van der Waals surface area contributed by atoms with Crippen LogP contribution in [0.5, 0.6) is 0 Å². The van der Waals surface area contributed by atoms with E-state index in [4.69, 9.17) is 11.5 Å². The van der Waals surface area contributed by atoms with Gasteiger partial charge >= 0.3 is 0 Å². The quantitative estimate of drug-likeness (QED) is 0.321. The molecule has 6 N–H and O–H groups in total. The number of hydrogen-bond acceptors (Lipinski definition) is 4. The summed E-state index contributed by atoms with van der Waals surface area (Å²) in [6.45, 7) is 6.95. The summed E-state index contributed by atoms with van der Waals surface area (Å²) in [6.07, 6.45) is 7.05. The predicted molar refractivity (Wildman–Crippen MR) is 118 cm³/mol. The first-order chi connectivity index (χ1) is 13.5. The van der Waals surface area contributed by atoms with Crippen molar-refractivity contribution in [2.24, 2.45) is 5.73 Å². The first kappa shape index (κ1) is 21.4. The number of anilines is 2. The third-order valence-corrected chi connectivity index (χ3v) is 4.52. The van der Waals surface area contributed by atoms with Crippen molar-refractivity contribution in [1.29, 1.82) is 0 Å². The van der Waals surface area contributed by atoms with Crippen LogP contribution in [0.1, 0.15) is 43.2 Å². The van der Waals surface area contributed by atoms with Crippen molar-refractivity contribution in [3.8, 4) is 0 Å². The summed E-state index contributed by atoms with van der Waals surface area (Å²) in [5, 5.41) is 6.38. The number of nitrogens with one attached hydrogen (secondary N) is 2. The Morgan fingerprint density at radius 1 is 1.07 bits per heavy atom. The van der Waals surface area contributed by atoms with Gasteiger partial charge in [-0.3, -0.25) is 0 Å². The third kappa shape index (κ3) is 7.35. The molecule has 0 bridgehead atoms. The number of halogens is 1. The zero-order valence-electron chi connectivity index (χ0n) is 16.6. The van der Waals surface area contributed by atoms with Crippen molar-refractivity contribution in [2.45, 2.75) is 39.0 Å². The molecule has 28 heavy (non-hydrogen) atoms. The second-order valence-corrected chi connectivity index (χ2v) is 7.04. The van der Waals surface area contributed by atoms with E-state index >= 15 is 0 Å². The van der Waals surface area contributed by atoms with Gasteiger partial charge in [0.1, 0.15) is 5.82 Å². The molecule has 0 radical (unpaired) electrons. The fourth-order valence-electron chi connectivity index (χ4n) is 2.82. The van der Waals surface area contributed by atoms with Crippen molar-refractivity contribution in [2.75, 3.05) is 17.6 Å². The number of benzene rings is 2. The molecule has 0 fully saturated rings. The molecule has 150 valence electrons. The van der Waals surface area contributed by atoms with Crippen LogP contribution >= 0.6 is 0 Å². The Hall–Kier alpha value is -2.95. The van der Waals surface area contributed by atoms with Gasteiger partial charge in [-0.2, -0.15) is 0 Å². The van der Waals surface area contributed by atoms with Crippen LogP contribution in [0.3, 0.4) is 0 Å². The van der Waals surface area contributed by atoms with Crippen molar-refractivity contribution in [1.82, 2.24) is 5.32 Å². The van der Waals surface area contributed by atoms with E-state index < -0.39 is 0 Å². The van der Waals surface area contributed by atoms with Crippen LogP contribution in [0, 0.1) is 12.7 Å². The van der Waals surface area contributed by atoms with Gasteiger partial charge < -0.3 is 22.1 Å². The molecule has 0 saturated heterocycles. The molecule has 5 heteroatoms. The molecule has 0 heterocycles. The molecule has 0 atom stereocenters. The van der Waals surface area contributed by atoms with Gasteiger partial charge in [-0.25, -0.2) is 4.39 Å². The monoisotopic (exact) mass is 382 g/mol. The summed E-state index contributed by atoms with van der Waals surface area (Å²) < 4.78 is 13.3. The highest BCUT2D eigenvalue weighted by Crippen LogP contribution is 2.22. The lowest BCUT2D eigenvalue weighted by Crippen LogP contribution is -2.10. The highest BCUT2D eigenvalue weighted by Gasteiger charge is 2.02. The van der Waals surface area contributed by atoms with Crippen LogP contribution in [-0.4, -0.2) is 6.54 Å². The number of nitrogens with two attached hydrogens (primary N) is 2. The van der Waals surface area contributed by atoms with Gasteiger partial charge in [-0.15, -0.1) is 0 Å². The molecule has 0 aliphatic rings. The summed E-state index contributed by atoms with van der Waals surface area (Å²) in [4.78, 5) is 0. The number of allylic oxidation sites excluding steroid dienone is 1. The second kappa shape index (κ2) is 11.0. The van der Waals surface area contributed by atoms with Crippen LogP contribution in [0.15, 0.2) is 60.9 Å². The number of nitrogen functional groups attached to an aromatic ring is 1. The van der Waals surface area contributed by atoms with Crippen LogP contribution in [0.25, 0.3) is 5.70 Å². The molecule has 4 nitrogen and oxygen atoms in total. The maximum atomic E-state index is 13.3. The Balaban J connectivity index is 1.56. The summed E-state index contributed by atoms with van der Waals surface area (Å²) in [6, 6.07) is 12.5. The molecule has 0 spiro atoms. The second-order valence-electron chi connectivity index (χ2n) is 7.04. The molecular weight excluding hydrogens is 351 g/mol. The maximum Gasteiger partial charge on any atom is 0.125 e. The number of rotatable bonds is 11. The van der Waals surface area contributed by atoms with E-state index in [1.54, 1.807) is 6.07 Å². The van der Waals surface area contributed by atoms with Gasteiger partial charge in [0.15, 0.2) is 0 Å². The van der Waals surface area contributed by atoms with Crippen molar-refractivity contribution < 1.29 is 4.39 Å². The lowest BCUT2D eigenvalue weighted by Gasteiger charge is -2.12. The zero-order valence-corrected chi connectivity index (χ0v) is 16.6. The number of aryl methyl sites for hydroxylation is 1. The fraction of sp³-hybridized carbons (Fsp3) is 0.304. The van der Waals surface area contributed by atoms with Gasteiger partial charge in [0.05, 0.1) is 17.1 Å². The SMILES string of the molecule is C=C(CCCCCCN/C=C(\N)c1ccc(C)cc1)Nc1cc(F)ccc1N. The van der Waals surface area contributed by atoms with Gasteiger partial charge in [0.25, 0.3) is 0 Å². The third-order valence-electron chi connectivity index (χ3n) is 4.52. The van der Waals surface area contributed by atoms with Gasteiger partial charge in [-0.1, -0.05) is 49.2 Å². The topological polar surface area (TPSA) is 76.1 Å². The summed E-state index contributed by atoms with van der Waals surface area (Å²) in [5.74, 6) is -0.311. The highest BCUT2D eigenvalue weighted by atomic mass is 19.1. The molecule has 2 aromatic rings. The van der Waals surface area contributed by atoms with E-state index in [9.17, 15) is 4.39 Å². The molecule has 0 aromatic heterocycles. The Morgan fingerprint density at radius 2 is 1.79 bits per heavy atom. The van der Waals surface area contributed by atoms with E-state index in [0.717, 1.165) is 55.6 Å². The Labute approximate surface area is 167 Å². The Morgan fingerprint density at radius 3 is 2.54 bits per heavy atom. The molecule has 0 amide bonds. The van der Waals surface area contributed by atoms with Crippen LogP contribution < -0.4 is 22.1 Å². The van der Waals surface area contributed by atoms with Crippen molar-refractivity contribution in [3.63, 3.8) is 0 Å². The van der Waals surface area contributed by atoms with E-state index in [0.29, 0.717) is 11.4 Å². The lowest BCUT2D eigenvalue weighted by atomic mass is 10.1. The van der Waals surface area contributed by atoms with Gasteiger partial charge in [0.2, 0.25) is 0 Å². The minimum absolute atomic E-state index is 0.311. The first-order valence-corrected chi connectivity index (χ1v) is 9.71. The molecule has 2 aromatic carbocycles. The minimum atomic E-state index is -0.311. The lowest BCUT2D eigenvalue weighted by molar-refractivity contribution is 0.624. The average molecular weight is 383 g/mol. The van der Waals surface area contributed by atoms with Gasteiger partial charge in [-0.05, 0) is 49.9 Å². The van der Waals surface area contributed by atoms with E-state index in [2.05, 4.69) is 36.3 Å². The Bertz CT molecular complexity index is 797. The molecule has 0 saturated carbocycles. The van der Waals surface area contributed by atoms with Crippen molar-refractivity contribution >= 4 is 17.1 Å². The predicted octanol–water partition coefficient (Wildman–Crippen LogP) is 5.14. The largest absolute Gasteiger partial charge is 0.397 e. The minimum Gasteiger partial charge on any atom is -0.397 e. The molecule has 2 rings (SSSR count). The highest BCUT2D eigenvalue weighted by molar-refractivity contribution is 5.67. The molecular formula is C23H31FN4. The summed E-state index contributed by atoms with van der Waals surface area (Å²) >= 11 is 0. The normalized spacial score (nSPS) is 11.3. The van der Waals surface area contributed by atoms with Gasteiger partial charge in [0, 0.05) is 18.4 Å². The number of unbranched alkanes of at least 4 members (excludes halogenated alkanes) is 3. The van der Waals surface area contributed by atoms with Crippen LogP contribution in [0.2, 0.25) is 0 Å². The number of hydrogen-bond donors (Lipinski definition) is 4. The first-order valence-electron chi connectivity index (χ1n) is 9.71. The molecule has 0 aliphatic heterocycles. The smallest absolute Gasteiger partial charge is 0.125 e. The zero-order chi connectivity index (χ0) is 20.4. The van der Waals surface area contributed by atoms with Crippen LogP contribution in [-0.2, 0) is 0 Å². The fourth-order valence-corrected chi connectivity index (χ4v) is 2.82. The molecule has 0 unspecified atom stereocenters. The maximum absolute atomic E-state index is 13.3. The van der Waals surface area contributed by atoms with E-state index in [1.165, 1.54) is 17.7 Å². The van der Waals surface area contributed by atoms with E-state index in [-0.39, 0.29) is 5.82 Å². The van der Waals surface area contributed by atoms with E-state index in [1.807, 2.05) is 18.3 Å².